The minimum Gasteiger partial charge on any atom is -0.497 e. The number of rotatable bonds is 8. The van der Waals surface area contributed by atoms with Crippen LogP contribution >= 0.6 is 0 Å². The van der Waals surface area contributed by atoms with Gasteiger partial charge in [0, 0.05) is 24.0 Å². The summed E-state index contributed by atoms with van der Waals surface area (Å²) in [6, 6.07) is 14.8. The van der Waals surface area contributed by atoms with Crippen LogP contribution in [0.4, 0.5) is 5.95 Å². The Labute approximate surface area is 186 Å². The van der Waals surface area contributed by atoms with E-state index in [2.05, 4.69) is 15.7 Å². The summed E-state index contributed by atoms with van der Waals surface area (Å²) in [6.07, 6.45) is 0. The second-order valence-corrected chi connectivity index (χ2v) is 7.81. The molecule has 1 amide bonds. The summed E-state index contributed by atoms with van der Waals surface area (Å²) >= 11 is 0. The van der Waals surface area contributed by atoms with E-state index in [1.54, 1.807) is 18.5 Å². The summed E-state index contributed by atoms with van der Waals surface area (Å²) in [6.45, 7) is 3.14. The molecule has 2 aromatic carbocycles. The first-order chi connectivity index (χ1) is 15.5. The average Bonchev–Trinajstić information content (AvgIpc) is 3.25. The van der Waals surface area contributed by atoms with Crippen molar-refractivity contribution in [3.8, 4) is 17.1 Å². The van der Waals surface area contributed by atoms with E-state index in [1.165, 1.54) is 0 Å². The molecule has 0 bridgehead atoms. The Kier molecular flexibility index (Phi) is 6.18. The van der Waals surface area contributed by atoms with Gasteiger partial charge < -0.3 is 20.3 Å². The van der Waals surface area contributed by atoms with Gasteiger partial charge in [-0.3, -0.25) is 4.79 Å². The van der Waals surface area contributed by atoms with Crippen LogP contribution in [0.15, 0.2) is 48.5 Å². The molecule has 0 aliphatic carbocycles. The molecule has 32 heavy (non-hydrogen) atoms. The SMILES string of the molecule is COc1ccc(-c2nc3c4ccccc4nc(N[C@H](C)C(=O)NCCN(C)C)n3n2)cc1. The van der Waals surface area contributed by atoms with Gasteiger partial charge >= 0.3 is 0 Å². The van der Waals surface area contributed by atoms with Crippen LogP contribution in [0.2, 0.25) is 0 Å². The number of nitrogens with zero attached hydrogens (tertiary/aromatic N) is 5. The van der Waals surface area contributed by atoms with Gasteiger partial charge in [-0.25, -0.2) is 9.97 Å². The second-order valence-electron chi connectivity index (χ2n) is 7.81. The predicted molar refractivity (Wildman–Crippen MR) is 125 cm³/mol. The van der Waals surface area contributed by atoms with Crippen LogP contribution in [0.3, 0.4) is 0 Å². The molecular weight excluding hydrogens is 406 g/mol. The van der Waals surface area contributed by atoms with Crippen LogP contribution in [-0.2, 0) is 4.79 Å². The Hall–Kier alpha value is -3.72. The van der Waals surface area contributed by atoms with Crippen molar-refractivity contribution in [3.05, 3.63) is 48.5 Å². The number of hydrogen-bond donors (Lipinski definition) is 2. The fraction of sp³-hybridized carbons (Fsp3) is 0.304. The second kappa shape index (κ2) is 9.19. The zero-order valence-corrected chi connectivity index (χ0v) is 18.7. The lowest BCUT2D eigenvalue weighted by atomic mass is 10.2. The van der Waals surface area contributed by atoms with Gasteiger partial charge in [0.1, 0.15) is 11.8 Å². The van der Waals surface area contributed by atoms with E-state index in [0.29, 0.717) is 24.0 Å². The third-order valence-electron chi connectivity index (χ3n) is 5.12. The lowest BCUT2D eigenvalue weighted by molar-refractivity contribution is -0.121. The molecule has 0 aliphatic heterocycles. The first-order valence-electron chi connectivity index (χ1n) is 10.4. The number of likely N-dealkylation sites (N-methyl/N-ethyl adjacent to an activating group) is 1. The number of hydrogen-bond acceptors (Lipinski definition) is 7. The van der Waals surface area contributed by atoms with Gasteiger partial charge in [-0.05, 0) is 57.4 Å². The van der Waals surface area contributed by atoms with E-state index in [0.717, 1.165) is 28.8 Å². The number of benzene rings is 2. The number of carbonyl (C=O) groups is 1. The lowest BCUT2D eigenvalue weighted by Gasteiger charge is -2.16. The van der Waals surface area contributed by atoms with Crippen molar-refractivity contribution in [2.75, 3.05) is 39.6 Å². The summed E-state index contributed by atoms with van der Waals surface area (Å²) in [4.78, 5) is 24.0. The molecule has 0 aliphatic rings. The topological polar surface area (TPSA) is 96.7 Å². The van der Waals surface area contributed by atoms with E-state index in [1.807, 2.05) is 67.5 Å². The number of methoxy groups -OCH3 is 1. The summed E-state index contributed by atoms with van der Waals surface area (Å²) in [5.41, 5.74) is 2.31. The molecule has 166 valence electrons. The molecule has 1 atom stereocenters. The third-order valence-corrected chi connectivity index (χ3v) is 5.12. The number of para-hydroxylation sites is 1. The van der Waals surface area contributed by atoms with Gasteiger partial charge in [0.2, 0.25) is 11.9 Å². The zero-order chi connectivity index (χ0) is 22.7. The molecule has 0 fully saturated rings. The molecule has 0 saturated carbocycles. The van der Waals surface area contributed by atoms with Crippen molar-refractivity contribution >= 4 is 28.4 Å². The van der Waals surface area contributed by atoms with Gasteiger partial charge in [-0.15, -0.1) is 5.10 Å². The van der Waals surface area contributed by atoms with Gasteiger partial charge in [0.05, 0.1) is 12.6 Å². The highest BCUT2D eigenvalue weighted by Crippen LogP contribution is 2.25. The molecule has 2 N–H and O–H groups in total. The quantitative estimate of drug-likeness (QED) is 0.441. The van der Waals surface area contributed by atoms with E-state index in [9.17, 15) is 4.79 Å². The number of fused-ring (bicyclic) bond motifs is 3. The highest BCUT2D eigenvalue weighted by molar-refractivity contribution is 5.93. The summed E-state index contributed by atoms with van der Waals surface area (Å²) in [7, 11) is 5.56. The molecule has 2 heterocycles. The fourth-order valence-electron chi connectivity index (χ4n) is 3.33. The third kappa shape index (κ3) is 4.47. The molecule has 0 spiro atoms. The molecule has 0 saturated heterocycles. The highest BCUT2D eigenvalue weighted by Gasteiger charge is 2.18. The molecule has 4 rings (SSSR count). The molecular formula is C23H27N7O2. The van der Waals surface area contributed by atoms with Gasteiger partial charge in [-0.1, -0.05) is 12.1 Å². The minimum atomic E-state index is -0.498. The van der Waals surface area contributed by atoms with Crippen LogP contribution in [-0.4, -0.2) is 70.7 Å². The maximum atomic E-state index is 12.5. The smallest absolute Gasteiger partial charge is 0.242 e. The standard InChI is InChI=1S/C23H27N7O2/c1-15(22(31)24-13-14-29(2)3)25-23-26-19-8-6-5-7-18(19)21-27-20(28-30(21)23)16-9-11-17(32-4)12-10-16/h5-12,15H,13-14H2,1-4H3,(H,24,31)(H,25,26)/t15-/m1/s1. The Bertz CT molecular complexity index is 1230. The van der Waals surface area contributed by atoms with E-state index < -0.39 is 6.04 Å². The predicted octanol–water partition coefficient (Wildman–Crippen LogP) is 2.43. The van der Waals surface area contributed by atoms with Crippen LogP contribution in [0.5, 0.6) is 5.75 Å². The Balaban J connectivity index is 1.69. The van der Waals surface area contributed by atoms with Gasteiger partial charge in [0.25, 0.3) is 0 Å². The maximum Gasteiger partial charge on any atom is 0.242 e. The fourth-order valence-corrected chi connectivity index (χ4v) is 3.33. The van der Waals surface area contributed by atoms with Gasteiger partial charge in [0.15, 0.2) is 11.5 Å². The first kappa shape index (κ1) is 21.5. The Morgan fingerprint density at radius 3 is 2.59 bits per heavy atom. The van der Waals surface area contributed by atoms with Crippen molar-refractivity contribution in [2.45, 2.75) is 13.0 Å². The minimum absolute atomic E-state index is 0.106. The molecule has 2 aromatic heterocycles. The number of aromatic nitrogens is 4. The Morgan fingerprint density at radius 1 is 1.12 bits per heavy atom. The van der Waals surface area contributed by atoms with Crippen LogP contribution < -0.4 is 15.4 Å². The number of amides is 1. The van der Waals surface area contributed by atoms with E-state index >= 15 is 0 Å². The molecule has 9 nitrogen and oxygen atoms in total. The lowest BCUT2D eigenvalue weighted by Crippen LogP contribution is -2.40. The van der Waals surface area contributed by atoms with Crippen LogP contribution in [0.1, 0.15) is 6.92 Å². The number of nitrogens with one attached hydrogen (secondary N) is 2. The normalized spacial score (nSPS) is 12.3. The molecule has 0 unspecified atom stereocenters. The number of ether oxygens (including phenoxy) is 1. The van der Waals surface area contributed by atoms with Crippen LogP contribution in [0, 0.1) is 0 Å². The zero-order valence-electron chi connectivity index (χ0n) is 18.7. The van der Waals surface area contributed by atoms with E-state index in [4.69, 9.17) is 14.7 Å². The number of anilines is 1. The Morgan fingerprint density at radius 2 is 1.88 bits per heavy atom. The molecule has 4 aromatic rings. The summed E-state index contributed by atoms with van der Waals surface area (Å²) in [5, 5.41) is 11.7. The van der Waals surface area contributed by atoms with Crippen LogP contribution in [0.25, 0.3) is 27.9 Å². The summed E-state index contributed by atoms with van der Waals surface area (Å²) in [5.74, 6) is 1.68. The van der Waals surface area contributed by atoms with Crippen molar-refractivity contribution in [2.24, 2.45) is 0 Å². The van der Waals surface area contributed by atoms with E-state index in [-0.39, 0.29) is 5.91 Å². The first-order valence-corrected chi connectivity index (χ1v) is 10.4. The largest absolute Gasteiger partial charge is 0.497 e. The van der Waals surface area contributed by atoms with Crippen molar-refractivity contribution < 1.29 is 9.53 Å². The molecule has 0 radical (unpaired) electrons. The number of carbonyl (C=O) groups excluding carboxylic acids is 1. The van der Waals surface area contributed by atoms with Crippen molar-refractivity contribution in [1.82, 2.24) is 29.8 Å². The molecule has 9 heteroatoms. The van der Waals surface area contributed by atoms with Gasteiger partial charge in [-0.2, -0.15) is 4.52 Å². The average molecular weight is 434 g/mol. The van der Waals surface area contributed by atoms with Crippen molar-refractivity contribution in [3.63, 3.8) is 0 Å². The summed E-state index contributed by atoms with van der Waals surface area (Å²) < 4.78 is 6.90. The highest BCUT2D eigenvalue weighted by atomic mass is 16.5. The van der Waals surface area contributed by atoms with Crippen molar-refractivity contribution in [1.29, 1.82) is 0 Å². The maximum absolute atomic E-state index is 12.5. The monoisotopic (exact) mass is 433 g/mol.